The van der Waals surface area contributed by atoms with Crippen LogP contribution >= 0.6 is 11.6 Å². The molecule has 2 aromatic rings. The van der Waals surface area contributed by atoms with Crippen molar-refractivity contribution in [3.63, 3.8) is 0 Å². The third kappa shape index (κ3) is 13.4. The minimum Gasteiger partial charge on any atom is -0.748 e. The number of fused-ring (bicyclic) bond motifs is 2. The fourth-order valence-corrected chi connectivity index (χ4v) is 9.25. The molecule has 0 bridgehead atoms. The Balaban J connectivity index is 1.61. The summed E-state index contributed by atoms with van der Waals surface area (Å²) >= 11 is 6.43. The van der Waals surface area contributed by atoms with E-state index in [0.717, 1.165) is 11.3 Å². The lowest BCUT2D eigenvalue weighted by molar-refractivity contribution is -0.684. The molecule has 0 saturated heterocycles. The molecule has 1 aromatic heterocycles. The predicted octanol–water partition coefficient (Wildman–Crippen LogP) is 6.38. The highest BCUT2D eigenvalue weighted by Crippen LogP contribution is 2.51. The minimum atomic E-state index is -4.56. The summed E-state index contributed by atoms with van der Waals surface area (Å²) in [4.78, 5) is 21.7. The Morgan fingerprint density at radius 2 is 1.73 bits per heavy atom. The van der Waals surface area contributed by atoms with Crippen molar-refractivity contribution in [3.05, 3.63) is 93.1 Å². The van der Waals surface area contributed by atoms with Crippen LogP contribution in [-0.4, -0.2) is 81.7 Å². The van der Waals surface area contributed by atoms with Gasteiger partial charge in [-0.25, -0.2) is 13.0 Å². The maximum Gasteiger partial charge on any atom is 0.327 e. The van der Waals surface area contributed by atoms with Crippen LogP contribution in [0.25, 0.3) is 10.4 Å². The van der Waals surface area contributed by atoms with Crippen molar-refractivity contribution >= 4 is 65.1 Å². The van der Waals surface area contributed by atoms with E-state index >= 15 is 0 Å². The fourth-order valence-electron chi connectivity index (χ4n) is 7.47. The van der Waals surface area contributed by atoms with Gasteiger partial charge in [-0.3, -0.25) is 13.9 Å². The van der Waals surface area contributed by atoms with Gasteiger partial charge in [0.05, 0.1) is 43.3 Å². The van der Waals surface area contributed by atoms with Gasteiger partial charge in [-0.05, 0) is 112 Å². The molecule has 2 aliphatic rings. The van der Waals surface area contributed by atoms with Gasteiger partial charge in [-0.2, -0.15) is 16.8 Å². The van der Waals surface area contributed by atoms with Crippen LogP contribution in [0.5, 0.6) is 0 Å². The number of aryl methyl sites for hydroxylation is 1. The predicted molar refractivity (Wildman–Crippen MR) is 229 cm³/mol. The first-order valence-electron chi connectivity index (χ1n) is 19.5. The summed E-state index contributed by atoms with van der Waals surface area (Å²) in [6.45, 7) is 7.32. The first kappa shape index (κ1) is 48.5. The van der Waals surface area contributed by atoms with E-state index in [1.807, 2.05) is 57.2 Å². The number of carbonyl (C=O) groups excluding carboxylic acids is 1. The number of anilines is 1. The van der Waals surface area contributed by atoms with Crippen molar-refractivity contribution < 1.29 is 48.3 Å². The smallest absolute Gasteiger partial charge is 0.327 e. The molecule has 1 atom stereocenters. The number of pyridine rings is 1. The lowest BCUT2D eigenvalue weighted by Gasteiger charge is -2.30. The number of hydrogen-bond donors (Lipinski definition) is 3. The van der Waals surface area contributed by atoms with E-state index in [1.165, 1.54) is 12.1 Å². The fraction of sp³-hybridized carbons (Fsp3) is 0.513. The zero-order chi connectivity index (χ0) is 44.4. The number of halogens is 1. The van der Waals surface area contributed by atoms with Crippen molar-refractivity contribution in [2.75, 3.05) is 36.0 Å². The Labute approximate surface area is 357 Å². The zero-order valence-corrected chi connectivity index (χ0v) is 37.0. The summed E-state index contributed by atoms with van der Waals surface area (Å²) in [6, 6.07) is 6.22. The standard InChI is InChI=1S/C39H52ClN7O10S3/c1-38(2)32-26-29(40)28-46(22-13-25-59(52,53)54)37(32)44-34(38)14-6-4-7-15-35-39(3,19-9-11-24-58(49,50)51)31-27-30(60(55,56)57)17-18-33(31)47(35)23-10-5-8-16-36(48)42-20-12-21-43-45-41/h4,6-7,14-15,17-18,26-28H,5,8-13,16,19-25H2,1-3H3,(H3-,42,48,49,50,51,52,53,54,55,56,57). The van der Waals surface area contributed by atoms with Crippen LogP contribution in [0.2, 0.25) is 5.02 Å². The number of nitrogens with zero attached hydrogens (tertiary/aromatic N) is 6. The summed E-state index contributed by atoms with van der Waals surface area (Å²) in [5.74, 6) is -0.455. The minimum absolute atomic E-state index is 0.0959. The van der Waals surface area contributed by atoms with E-state index in [2.05, 4.69) is 20.2 Å². The van der Waals surface area contributed by atoms with Gasteiger partial charge in [-0.15, -0.1) is 0 Å². The molecule has 2 aliphatic heterocycles. The number of unbranched alkanes of at least 4 members (excludes halogenated alkanes) is 3. The second-order valence-corrected chi connectivity index (χ2v) is 20.4. The Morgan fingerprint density at radius 3 is 2.42 bits per heavy atom. The van der Waals surface area contributed by atoms with E-state index in [1.54, 1.807) is 16.8 Å². The van der Waals surface area contributed by atoms with Gasteiger partial charge < -0.3 is 14.8 Å². The summed E-state index contributed by atoms with van der Waals surface area (Å²) in [5, 5.41) is 6.70. The largest absolute Gasteiger partial charge is 0.748 e. The molecule has 21 heteroatoms. The molecule has 1 aromatic carbocycles. The Hall–Kier alpha value is -4.14. The van der Waals surface area contributed by atoms with E-state index in [4.69, 9.17) is 22.1 Å². The Bertz CT molecular complexity index is 2430. The van der Waals surface area contributed by atoms with Crippen LogP contribution in [0.4, 0.5) is 11.5 Å². The molecule has 3 N–H and O–H groups in total. The summed E-state index contributed by atoms with van der Waals surface area (Å²) in [7, 11) is -13.2. The van der Waals surface area contributed by atoms with E-state index < -0.39 is 52.7 Å². The number of rotatable bonds is 23. The molecule has 3 heterocycles. The lowest BCUT2D eigenvalue weighted by atomic mass is 9.77. The number of carbonyl (C=O) groups is 1. The average Bonchev–Trinajstić information content (AvgIpc) is 3.53. The number of hydrogen-bond acceptors (Lipinski definition) is 11. The zero-order valence-electron chi connectivity index (χ0n) is 33.8. The molecular weight excluding hydrogens is 858 g/mol. The van der Waals surface area contributed by atoms with Crippen molar-refractivity contribution in [1.82, 2.24) is 5.32 Å². The monoisotopic (exact) mass is 909 g/mol. The number of benzene rings is 1. The number of azide groups is 1. The maximum atomic E-state index is 12.3. The number of amides is 1. The lowest BCUT2D eigenvalue weighted by Crippen LogP contribution is -2.36. The molecule has 328 valence electrons. The van der Waals surface area contributed by atoms with Crippen LogP contribution in [-0.2, 0) is 52.5 Å². The SMILES string of the molecule is CC1(C)C(/C=C/C=C/C=C2/N(CCCCCC(=O)NCCCN=[N+]=[N-])c3ccc(S(=O)(=O)O)cc3C2(C)CCCCS(=O)(=O)O)=Nc2c1cc(Cl)c[n+]2CCCS(=O)(=O)[O-]. The van der Waals surface area contributed by atoms with E-state index in [9.17, 15) is 43.7 Å². The van der Waals surface area contributed by atoms with Crippen molar-refractivity contribution in [2.45, 2.75) is 101 Å². The highest BCUT2D eigenvalue weighted by atomic mass is 35.5. The number of allylic oxidation sites excluding steroid dienone is 6. The first-order chi connectivity index (χ1) is 28.1. The van der Waals surface area contributed by atoms with Crippen LogP contribution < -0.4 is 14.8 Å². The van der Waals surface area contributed by atoms with Crippen LogP contribution in [0, 0.1) is 0 Å². The second-order valence-electron chi connectivity index (χ2n) is 15.5. The number of aliphatic imine (C=N–C) groups is 1. The maximum absolute atomic E-state index is 12.3. The summed E-state index contributed by atoms with van der Waals surface area (Å²) < 4.78 is 102. The van der Waals surface area contributed by atoms with Crippen molar-refractivity contribution in [3.8, 4) is 0 Å². The highest BCUT2D eigenvalue weighted by Gasteiger charge is 2.44. The van der Waals surface area contributed by atoms with Gasteiger partial charge in [0, 0.05) is 53.5 Å². The summed E-state index contributed by atoms with van der Waals surface area (Å²) in [5.41, 5.74) is 10.7. The van der Waals surface area contributed by atoms with Gasteiger partial charge in [0.15, 0.2) is 5.71 Å². The third-order valence-electron chi connectivity index (χ3n) is 10.6. The molecule has 17 nitrogen and oxygen atoms in total. The molecular formula is C39H52ClN7O10S3. The molecule has 0 spiro atoms. The highest BCUT2D eigenvalue weighted by molar-refractivity contribution is 7.86. The van der Waals surface area contributed by atoms with Crippen LogP contribution in [0.3, 0.4) is 0 Å². The van der Waals surface area contributed by atoms with Crippen molar-refractivity contribution in [2.24, 2.45) is 10.1 Å². The number of aromatic nitrogens is 1. The molecule has 4 rings (SSSR count). The normalized spacial score (nSPS) is 18.2. The third-order valence-corrected chi connectivity index (χ3v) is 13.2. The Kier molecular flexibility index (Phi) is 16.7. The topological polar surface area (TPSA) is 263 Å². The molecule has 1 amide bonds. The molecule has 60 heavy (non-hydrogen) atoms. The van der Waals surface area contributed by atoms with Gasteiger partial charge in [0.2, 0.25) is 5.91 Å². The quantitative estimate of drug-likeness (QED) is 0.0209. The Morgan fingerprint density at radius 1 is 0.983 bits per heavy atom. The van der Waals surface area contributed by atoms with Gasteiger partial charge in [0.25, 0.3) is 20.2 Å². The molecule has 1 unspecified atom stereocenters. The second kappa shape index (κ2) is 20.6. The van der Waals surface area contributed by atoms with E-state index in [0.29, 0.717) is 92.4 Å². The summed E-state index contributed by atoms with van der Waals surface area (Å²) in [6.07, 6.45) is 14.7. The van der Waals surface area contributed by atoms with Gasteiger partial charge in [0.1, 0.15) is 6.20 Å². The first-order valence-corrected chi connectivity index (χ1v) is 24.5. The average molecular weight is 911 g/mol. The molecule has 0 aliphatic carbocycles. The van der Waals surface area contributed by atoms with Gasteiger partial charge >= 0.3 is 5.82 Å². The van der Waals surface area contributed by atoms with Crippen LogP contribution in [0.1, 0.15) is 89.7 Å². The molecule has 0 saturated carbocycles. The van der Waals surface area contributed by atoms with Crippen molar-refractivity contribution in [1.29, 1.82) is 0 Å². The van der Waals surface area contributed by atoms with Gasteiger partial charge in [-0.1, -0.05) is 47.8 Å². The number of nitrogens with one attached hydrogen (secondary N) is 1. The van der Waals surface area contributed by atoms with Crippen LogP contribution in [0.15, 0.2) is 81.5 Å². The molecule has 0 fully saturated rings. The molecule has 0 radical (unpaired) electrons. The van der Waals surface area contributed by atoms with E-state index in [-0.39, 0.29) is 30.2 Å².